The van der Waals surface area contributed by atoms with E-state index in [0.29, 0.717) is 38.2 Å². The Morgan fingerprint density at radius 1 is 0.973 bits per heavy atom. The maximum atomic E-state index is 13.3. The van der Waals surface area contributed by atoms with Crippen LogP contribution in [0.4, 0.5) is 26.3 Å². The van der Waals surface area contributed by atoms with Crippen molar-refractivity contribution >= 4 is 18.8 Å². The molecule has 2 aromatic carbocycles. The van der Waals surface area contributed by atoms with E-state index in [1.54, 1.807) is 4.90 Å². The molecule has 0 aromatic heterocycles. The smallest absolute Gasteiger partial charge is 0.372 e. The molecule has 1 fully saturated rings. The largest absolute Gasteiger partial charge is 0.416 e. The third-order valence-electron chi connectivity index (χ3n) is 6.26. The Morgan fingerprint density at radius 3 is 2.03 bits per heavy atom. The zero-order valence-electron chi connectivity index (χ0n) is 20.8. The van der Waals surface area contributed by atoms with Gasteiger partial charge in [0.25, 0.3) is 0 Å². The lowest BCUT2D eigenvalue weighted by molar-refractivity contribution is -0.143. The molecule has 1 heterocycles. The standard InChI is InChI=1S/C26H30F6N2O2.ClH/c1-24(2,3)34(17-35)16-33-11-7-10-22(23(33)19-8-5-4-6-9-19)36-15-18-12-20(25(27,28)29)14-21(13-18)26(30,31)32;/h4-6,8-9,12-14,17,22-23H,7,10-11,15-16H2,1-3H3;1H/t22-,23-;/m0./s1. The lowest BCUT2D eigenvalue weighted by Crippen LogP contribution is -2.52. The van der Waals surface area contributed by atoms with Crippen molar-refractivity contribution < 1.29 is 35.9 Å². The predicted molar refractivity (Wildman–Crippen MR) is 130 cm³/mol. The fraction of sp³-hybridized carbons (Fsp3) is 0.500. The first-order valence-electron chi connectivity index (χ1n) is 11.6. The number of rotatable bonds is 7. The molecule has 1 amide bonds. The maximum absolute atomic E-state index is 13.3. The van der Waals surface area contributed by atoms with E-state index < -0.39 is 41.7 Å². The number of hydrogen-bond donors (Lipinski definition) is 0. The number of halogens is 7. The minimum Gasteiger partial charge on any atom is -0.372 e. The van der Waals surface area contributed by atoms with Gasteiger partial charge in [0.2, 0.25) is 6.41 Å². The van der Waals surface area contributed by atoms with Gasteiger partial charge in [0.05, 0.1) is 36.5 Å². The number of benzene rings is 2. The Balaban J connectivity index is 0.00000481. The molecule has 1 aliphatic heterocycles. The van der Waals surface area contributed by atoms with Gasteiger partial charge in [-0.15, -0.1) is 12.4 Å². The summed E-state index contributed by atoms with van der Waals surface area (Å²) in [6.07, 6.45) is -8.31. The molecule has 2 aromatic rings. The number of alkyl halides is 6. The average Bonchev–Trinajstić information content (AvgIpc) is 2.79. The molecule has 0 N–H and O–H groups in total. The number of likely N-dealkylation sites (tertiary alicyclic amines) is 1. The molecule has 1 aliphatic rings. The molecule has 0 radical (unpaired) electrons. The summed E-state index contributed by atoms with van der Waals surface area (Å²) < 4.78 is 85.6. The minimum absolute atomic E-state index is 0. The molecule has 2 atom stereocenters. The highest BCUT2D eigenvalue weighted by Gasteiger charge is 2.38. The Hall–Kier alpha value is -2.30. The Morgan fingerprint density at radius 2 is 1.54 bits per heavy atom. The summed E-state index contributed by atoms with van der Waals surface area (Å²) in [5.74, 6) is 0. The second-order valence-corrected chi connectivity index (χ2v) is 9.96. The SMILES string of the molecule is CC(C)(C)N(C=O)CN1CCC[C@H](OCc2cc(C(F)(F)F)cc(C(F)(F)F)c2)[C@@H]1c1ccccc1.Cl. The number of carbonyl (C=O) groups excluding carboxylic acids is 1. The summed E-state index contributed by atoms with van der Waals surface area (Å²) in [5, 5.41) is 0. The molecule has 4 nitrogen and oxygen atoms in total. The highest BCUT2D eigenvalue weighted by molar-refractivity contribution is 5.85. The van der Waals surface area contributed by atoms with Gasteiger partial charge in [0.15, 0.2) is 0 Å². The van der Waals surface area contributed by atoms with E-state index in [2.05, 4.69) is 4.90 Å². The second kappa shape index (κ2) is 12.0. The first-order valence-corrected chi connectivity index (χ1v) is 11.6. The molecule has 37 heavy (non-hydrogen) atoms. The third kappa shape index (κ3) is 8.09. The molecule has 0 spiro atoms. The average molecular weight is 553 g/mol. The van der Waals surface area contributed by atoms with Gasteiger partial charge in [-0.05, 0) is 62.9 Å². The van der Waals surface area contributed by atoms with Gasteiger partial charge >= 0.3 is 12.4 Å². The van der Waals surface area contributed by atoms with E-state index in [-0.39, 0.29) is 30.1 Å². The molecule has 206 valence electrons. The zero-order valence-corrected chi connectivity index (χ0v) is 21.6. The quantitative estimate of drug-likeness (QED) is 0.272. The van der Waals surface area contributed by atoms with Crippen molar-refractivity contribution in [2.24, 2.45) is 0 Å². The minimum atomic E-state index is -4.92. The van der Waals surface area contributed by atoms with Crippen LogP contribution in [0.3, 0.4) is 0 Å². The highest BCUT2D eigenvalue weighted by Crippen LogP contribution is 2.38. The lowest BCUT2D eigenvalue weighted by Gasteiger charge is -2.45. The summed E-state index contributed by atoms with van der Waals surface area (Å²) in [5.41, 5.74) is -2.49. The van der Waals surface area contributed by atoms with Crippen LogP contribution >= 0.6 is 12.4 Å². The van der Waals surface area contributed by atoms with E-state index in [1.807, 2.05) is 51.1 Å². The Kier molecular flexibility index (Phi) is 10.1. The zero-order chi connectivity index (χ0) is 26.7. The summed E-state index contributed by atoms with van der Waals surface area (Å²) >= 11 is 0. The van der Waals surface area contributed by atoms with Gasteiger partial charge in [-0.1, -0.05) is 30.3 Å². The van der Waals surface area contributed by atoms with Crippen molar-refractivity contribution in [2.75, 3.05) is 13.2 Å². The number of hydrogen-bond acceptors (Lipinski definition) is 3. The van der Waals surface area contributed by atoms with Crippen molar-refractivity contribution in [3.05, 3.63) is 70.8 Å². The fourth-order valence-corrected chi connectivity index (χ4v) is 4.34. The van der Waals surface area contributed by atoms with Crippen LogP contribution in [-0.2, 0) is 28.5 Å². The second-order valence-electron chi connectivity index (χ2n) is 9.96. The van der Waals surface area contributed by atoms with Crippen LogP contribution < -0.4 is 0 Å². The summed E-state index contributed by atoms with van der Waals surface area (Å²) in [6.45, 7) is 6.26. The summed E-state index contributed by atoms with van der Waals surface area (Å²) in [4.78, 5) is 15.5. The molecule has 3 rings (SSSR count). The van der Waals surface area contributed by atoms with Crippen LogP contribution in [0, 0.1) is 0 Å². The van der Waals surface area contributed by atoms with Crippen LogP contribution in [0.2, 0.25) is 0 Å². The molecule has 0 saturated carbocycles. The summed E-state index contributed by atoms with van der Waals surface area (Å²) in [7, 11) is 0. The number of amides is 1. The monoisotopic (exact) mass is 552 g/mol. The number of ether oxygens (including phenoxy) is 1. The molecule has 0 unspecified atom stereocenters. The molecule has 1 saturated heterocycles. The van der Waals surface area contributed by atoms with Crippen LogP contribution in [0.25, 0.3) is 0 Å². The molecular weight excluding hydrogens is 522 g/mol. The number of piperidine rings is 1. The first-order chi connectivity index (χ1) is 16.7. The van der Waals surface area contributed by atoms with E-state index in [0.717, 1.165) is 12.0 Å². The lowest BCUT2D eigenvalue weighted by atomic mass is 9.92. The number of nitrogens with zero attached hydrogens (tertiary/aromatic N) is 2. The topological polar surface area (TPSA) is 32.8 Å². The normalized spacial score (nSPS) is 19.3. The van der Waals surface area contributed by atoms with Crippen molar-refractivity contribution in [2.45, 2.75) is 70.3 Å². The van der Waals surface area contributed by atoms with Gasteiger partial charge in [-0.3, -0.25) is 9.69 Å². The third-order valence-corrected chi connectivity index (χ3v) is 6.26. The van der Waals surface area contributed by atoms with Crippen LogP contribution in [-0.4, -0.2) is 41.1 Å². The Labute approximate surface area is 219 Å². The first kappa shape index (κ1) is 30.9. The van der Waals surface area contributed by atoms with Gasteiger partial charge in [-0.25, -0.2) is 0 Å². The number of carbonyl (C=O) groups is 1. The van der Waals surface area contributed by atoms with Crippen molar-refractivity contribution in [3.8, 4) is 0 Å². The Bertz CT molecular complexity index is 992. The summed E-state index contributed by atoms with van der Waals surface area (Å²) in [6, 6.07) is 10.5. The molecule has 0 bridgehead atoms. The highest BCUT2D eigenvalue weighted by atomic mass is 35.5. The van der Waals surface area contributed by atoms with Crippen molar-refractivity contribution in [3.63, 3.8) is 0 Å². The molecule has 11 heteroatoms. The van der Waals surface area contributed by atoms with E-state index in [4.69, 9.17) is 4.74 Å². The fourth-order valence-electron chi connectivity index (χ4n) is 4.34. The van der Waals surface area contributed by atoms with Gasteiger partial charge in [-0.2, -0.15) is 26.3 Å². The predicted octanol–water partition coefficient (Wildman–Crippen LogP) is 7.08. The van der Waals surface area contributed by atoms with Crippen molar-refractivity contribution in [1.29, 1.82) is 0 Å². The van der Waals surface area contributed by atoms with E-state index in [1.165, 1.54) is 0 Å². The van der Waals surface area contributed by atoms with E-state index in [9.17, 15) is 31.1 Å². The van der Waals surface area contributed by atoms with Gasteiger partial charge in [0, 0.05) is 12.1 Å². The maximum Gasteiger partial charge on any atom is 0.416 e. The van der Waals surface area contributed by atoms with Gasteiger partial charge < -0.3 is 9.64 Å². The van der Waals surface area contributed by atoms with E-state index >= 15 is 0 Å². The molecule has 0 aliphatic carbocycles. The van der Waals surface area contributed by atoms with Crippen molar-refractivity contribution in [1.82, 2.24) is 9.80 Å². The van der Waals surface area contributed by atoms with Crippen LogP contribution in [0.5, 0.6) is 0 Å². The molecular formula is C26H31ClF6N2O2. The van der Waals surface area contributed by atoms with Crippen LogP contribution in [0.15, 0.2) is 48.5 Å². The van der Waals surface area contributed by atoms with Gasteiger partial charge in [0.1, 0.15) is 0 Å². The van der Waals surface area contributed by atoms with Crippen LogP contribution in [0.1, 0.15) is 61.9 Å².